The molecule has 3 N–H and O–H groups in total. The number of aryl methyl sites for hydroxylation is 1. The lowest BCUT2D eigenvalue weighted by molar-refractivity contribution is 0.0952. The predicted octanol–water partition coefficient (Wildman–Crippen LogP) is 3.22. The molecule has 0 unspecified atom stereocenters. The zero-order valence-electron chi connectivity index (χ0n) is 15.9. The molecule has 0 atom stereocenters. The highest BCUT2D eigenvalue weighted by Crippen LogP contribution is 2.20. The van der Waals surface area contributed by atoms with Crippen molar-refractivity contribution in [2.75, 3.05) is 4.72 Å². The molecule has 7 heteroatoms. The second-order valence-electron chi connectivity index (χ2n) is 6.62. The minimum atomic E-state index is -3.81. The summed E-state index contributed by atoms with van der Waals surface area (Å²) in [6, 6.07) is 20.1. The maximum absolute atomic E-state index is 12.7. The number of hydrogen-bond acceptors (Lipinski definition) is 4. The van der Waals surface area contributed by atoms with Crippen LogP contribution in [0.15, 0.2) is 77.7 Å². The molecule has 0 saturated carbocycles. The van der Waals surface area contributed by atoms with E-state index in [4.69, 9.17) is 5.11 Å². The number of aliphatic hydroxyl groups is 1. The Balaban J connectivity index is 1.75. The van der Waals surface area contributed by atoms with Gasteiger partial charge in [-0.1, -0.05) is 54.1 Å². The van der Waals surface area contributed by atoms with Gasteiger partial charge in [-0.05, 0) is 42.3 Å². The van der Waals surface area contributed by atoms with Crippen LogP contribution in [0.2, 0.25) is 0 Å². The largest absolute Gasteiger partial charge is 0.392 e. The Morgan fingerprint density at radius 3 is 2.17 bits per heavy atom. The Hall–Kier alpha value is -3.16. The van der Waals surface area contributed by atoms with Gasteiger partial charge in [0.15, 0.2) is 0 Å². The summed E-state index contributed by atoms with van der Waals surface area (Å²) in [7, 11) is -3.81. The van der Waals surface area contributed by atoms with Gasteiger partial charge in [-0.3, -0.25) is 9.52 Å². The molecule has 6 nitrogen and oxygen atoms in total. The van der Waals surface area contributed by atoms with Crippen LogP contribution in [0.5, 0.6) is 0 Å². The number of amides is 1. The van der Waals surface area contributed by atoms with E-state index in [9.17, 15) is 13.2 Å². The molecule has 0 aliphatic carbocycles. The molecule has 3 rings (SSSR count). The molecule has 0 radical (unpaired) electrons. The molecule has 3 aromatic carbocycles. The topological polar surface area (TPSA) is 95.5 Å². The van der Waals surface area contributed by atoms with Crippen LogP contribution in [0.4, 0.5) is 5.69 Å². The highest BCUT2D eigenvalue weighted by atomic mass is 32.2. The number of para-hydroxylation sites is 1. The van der Waals surface area contributed by atoms with Gasteiger partial charge in [0, 0.05) is 6.54 Å². The van der Waals surface area contributed by atoms with Crippen molar-refractivity contribution >= 4 is 21.6 Å². The van der Waals surface area contributed by atoms with Gasteiger partial charge >= 0.3 is 0 Å². The Morgan fingerprint density at radius 1 is 0.897 bits per heavy atom. The minimum absolute atomic E-state index is 0.0405. The van der Waals surface area contributed by atoms with Crippen LogP contribution in [0.1, 0.15) is 27.0 Å². The number of anilines is 1. The number of carbonyl (C=O) groups excluding carboxylic acids is 1. The normalized spacial score (nSPS) is 11.1. The van der Waals surface area contributed by atoms with E-state index < -0.39 is 15.9 Å². The average molecular weight is 410 g/mol. The second kappa shape index (κ2) is 8.89. The molecular formula is C22H22N2O4S. The third kappa shape index (κ3) is 5.22. The summed E-state index contributed by atoms with van der Waals surface area (Å²) >= 11 is 0. The number of benzene rings is 3. The van der Waals surface area contributed by atoms with Crippen molar-refractivity contribution in [1.82, 2.24) is 5.32 Å². The van der Waals surface area contributed by atoms with Gasteiger partial charge in [0.05, 0.1) is 22.8 Å². The van der Waals surface area contributed by atoms with Gasteiger partial charge in [0.2, 0.25) is 0 Å². The third-order valence-corrected chi connectivity index (χ3v) is 5.79. The fourth-order valence-electron chi connectivity index (χ4n) is 2.73. The summed E-state index contributed by atoms with van der Waals surface area (Å²) < 4.78 is 27.8. The molecule has 0 aliphatic rings. The smallest absolute Gasteiger partial charge is 0.261 e. The fraction of sp³-hybridized carbons (Fsp3) is 0.136. The van der Waals surface area contributed by atoms with E-state index in [-0.39, 0.29) is 29.3 Å². The van der Waals surface area contributed by atoms with E-state index in [2.05, 4.69) is 10.0 Å². The highest BCUT2D eigenvalue weighted by Gasteiger charge is 2.18. The predicted molar refractivity (Wildman–Crippen MR) is 112 cm³/mol. The molecule has 0 spiro atoms. The maximum atomic E-state index is 12.7. The number of carbonyl (C=O) groups is 1. The minimum Gasteiger partial charge on any atom is -0.392 e. The number of rotatable bonds is 7. The number of hydrogen-bond donors (Lipinski definition) is 3. The molecule has 0 saturated heterocycles. The van der Waals surface area contributed by atoms with Crippen molar-refractivity contribution in [1.29, 1.82) is 0 Å². The third-order valence-electron chi connectivity index (χ3n) is 4.41. The SMILES string of the molecule is Cc1ccc(S(=O)(=O)Nc2ccccc2C(=O)NCc2ccc(CO)cc2)cc1. The van der Waals surface area contributed by atoms with Crippen molar-refractivity contribution < 1.29 is 18.3 Å². The van der Waals surface area contributed by atoms with E-state index in [0.717, 1.165) is 16.7 Å². The highest BCUT2D eigenvalue weighted by molar-refractivity contribution is 7.92. The van der Waals surface area contributed by atoms with Gasteiger partial charge in [0.1, 0.15) is 0 Å². The molecule has 0 aliphatic heterocycles. The Labute approximate surface area is 170 Å². The number of sulfonamides is 1. The first-order valence-corrected chi connectivity index (χ1v) is 10.5. The average Bonchev–Trinajstić information content (AvgIpc) is 2.73. The molecule has 0 heterocycles. The number of aliphatic hydroxyl groups excluding tert-OH is 1. The molecular weight excluding hydrogens is 388 g/mol. The van der Waals surface area contributed by atoms with E-state index in [1.165, 1.54) is 12.1 Å². The van der Waals surface area contributed by atoms with Crippen molar-refractivity contribution in [2.24, 2.45) is 0 Å². The van der Waals surface area contributed by atoms with Gasteiger partial charge in [-0.15, -0.1) is 0 Å². The second-order valence-corrected chi connectivity index (χ2v) is 8.30. The van der Waals surface area contributed by atoms with Crippen molar-refractivity contribution in [3.05, 3.63) is 95.1 Å². The first kappa shape index (κ1) is 20.6. The summed E-state index contributed by atoms with van der Waals surface area (Å²) in [5, 5.41) is 11.9. The quantitative estimate of drug-likeness (QED) is 0.557. The Kier molecular flexibility index (Phi) is 6.31. The summed E-state index contributed by atoms with van der Waals surface area (Å²) in [5.41, 5.74) is 3.05. The van der Waals surface area contributed by atoms with Gasteiger partial charge in [-0.25, -0.2) is 8.42 Å². The zero-order chi connectivity index (χ0) is 20.9. The zero-order valence-corrected chi connectivity index (χ0v) is 16.7. The van der Waals surface area contributed by atoms with E-state index >= 15 is 0 Å². The monoisotopic (exact) mass is 410 g/mol. The van der Waals surface area contributed by atoms with Crippen LogP contribution in [-0.4, -0.2) is 19.4 Å². The van der Waals surface area contributed by atoms with Crippen molar-refractivity contribution in [3.8, 4) is 0 Å². The van der Waals surface area contributed by atoms with E-state index in [0.29, 0.717) is 0 Å². The maximum Gasteiger partial charge on any atom is 0.261 e. The lowest BCUT2D eigenvalue weighted by Gasteiger charge is -2.13. The Morgan fingerprint density at radius 2 is 1.52 bits per heavy atom. The molecule has 0 bridgehead atoms. The first-order valence-electron chi connectivity index (χ1n) is 9.04. The van der Waals surface area contributed by atoms with E-state index in [1.54, 1.807) is 48.5 Å². The van der Waals surface area contributed by atoms with Crippen LogP contribution in [0.3, 0.4) is 0 Å². The molecule has 1 amide bonds. The van der Waals surface area contributed by atoms with Crippen molar-refractivity contribution in [3.63, 3.8) is 0 Å². The van der Waals surface area contributed by atoms with Crippen LogP contribution >= 0.6 is 0 Å². The van der Waals surface area contributed by atoms with Gasteiger partial charge in [0.25, 0.3) is 15.9 Å². The molecule has 150 valence electrons. The van der Waals surface area contributed by atoms with Crippen LogP contribution in [-0.2, 0) is 23.2 Å². The summed E-state index contributed by atoms with van der Waals surface area (Å²) in [6.07, 6.45) is 0. The summed E-state index contributed by atoms with van der Waals surface area (Å²) in [4.78, 5) is 12.8. The lowest BCUT2D eigenvalue weighted by Crippen LogP contribution is -2.25. The van der Waals surface area contributed by atoms with Crippen LogP contribution < -0.4 is 10.0 Å². The molecule has 0 fully saturated rings. The van der Waals surface area contributed by atoms with Crippen molar-refractivity contribution in [2.45, 2.75) is 25.0 Å². The summed E-state index contributed by atoms with van der Waals surface area (Å²) in [6.45, 7) is 2.12. The first-order chi connectivity index (χ1) is 13.9. The summed E-state index contributed by atoms with van der Waals surface area (Å²) in [5.74, 6) is -0.390. The van der Waals surface area contributed by atoms with Gasteiger partial charge in [-0.2, -0.15) is 0 Å². The Bertz CT molecular complexity index is 1090. The fourth-order valence-corrected chi connectivity index (χ4v) is 3.81. The van der Waals surface area contributed by atoms with Crippen LogP contribution in [0.25, 0.3) is 0 Å². The van der Waals surface area contributed by atoms with Gasteiger partial charge < -0.3 is 10.4 Å². The molecule has 0 aromatic heterocycles. The number of nitrogens with one attached hydrogen (secondary N) is 2. The molecule has 3 aromatic rings. The van der Waals surface area contributed by atoms with E-state index in [1.807, 2.05) is 19.1 Å². The van der Waals surface area contributed by atoms with Crippen LogP contribution in [0, 0.1) is 6.92 Å². The molecule has 29 heavy (non-hydrogen) atoms. The standard InChI is InChI=1S/C22H22N2O4S/c1-16-6-12-19(13-7-16)29(27,28)24-21-5-3-2-4-20(21)22(26)23-14-17-8-10-18(15-25)11-9-17/h2-13,24-25H,14-15H2,1H3,(H,23,26). The lowest BCUT2D eigenvalue weighted by atomic mass is 10.1.